The number of nitrogens with zero attached hydrogens (tertiary/aromatic N) is 3. The number of amides is 1. The van der Waals surface area contributed by atoms with Gasteiger partial charge in [0.2, 0.25) is 11.8 Å². The van der Waals surface area contributed by atoms with E-state index in [0.29, 0.717) is 47.2 Å². The lowest BCUT2D eigenvalue weighted by Crippen LogP contribution is -2.36. The van der Waals surface area contributed by atoms with Crippen molar-refractivity contribution >= 4 is 40.1 Å². The minimum absolute atomic E-state index is 0.107. The Kier molecular flexibility index (Phi) is 9.66. The molecule has 3 aromatic heterocycles. The van der Waals surface area contributed by atoms with Crippen LogP contribution in [0.3, 0.4) is 0 Å². The molecule has 5 aromatic rings. The number of aromatic nitrogens is 3. The van der Waals surface area contributed by atoms with Gasteiger partial charge in [-0.05, 0) is 36.6 Å². The van der Waals surface area contributed by atoms with E-state index < -0.39 is 0 Å². The maximum absolute atomic E-state index is 11.5. The largest absolute Gasteiger partial charge is 0.481 e. The number of pyridine rings is 2. The van der Waals surface area contributed by atoms with Crippen LogP contribution in [0, 0.1) is 0 Å². The smallest absolute Gasteiger partial charge is 0.220 e. The number of benzene rings is 2. The first-order chi connectivity index (χ1) is 23.4. The van der Waals surface area contributed by atoms with Crippen molar-refractivity contribution in [3.05, 3.63) is 88.0 Å². The van der Waals surface area contributed by atoms with E-state index in [0.717, 1.165) is 77.1 Å². The average Bonchev–Trinajstić information content (AvgIpc) is 3.64. The molecule has 9 nitrogen and oxygen atoms in total. The second-order valence-corrected chi connectivity index (χ2v) is 13.1. The van der Waals surface area contributed by atoms with Gasteiger partial charge in [0.05, 0.1) is 34.6 Å². The molecule has 3 N–H and O–H groups in total. The molecule has 2 aromatic carbocycles. The highest BCUT2D eigenvalue weighted by Crippen LogP contribution is 2.42. The highest BCUT2D eigenvalue weighted by atomic mass is 35.5. The molecule has 48 heavy (non-hydrogen) atoms. The number of fused-ring (bicyclic) bond motifs is 1. The van der Waals surface area contributed by atoms with Crippen molar-refractivity contribution in [2.24, 2.45) is 7.05 Å². The van der Waals surface area contributed by atoms with Crippen molar-refractivity contribution in [2.75, 3.05) is 26.8 Å². The monoisotopic (exact) mass is 684 g/mol. The molecular formula is C37H38Cl2N6O3. The van der Waals surface area contributed by atoms with Gasteiger partial charge in [0, 0.05) is 91.7 Å². The fourth-order valence-electron chi connectivity index (χ4n) is 6.45. The van der Waals surface area contributed by atoms with Gasteiger partial charge in [-0.15, -0.1) is 0 Å². The number of hydrogen-bond acceptors (Lipinski definition) is 7. The van der Waals surface area contributed by atoms with Crippen LogP contribution in [0.15, 0.2) is 66.9 Å². The third kappa shape index (κ3) is 6.66. The summed E-state index contributed by atoms with van der Waals surface area (Å²) in [5.41, 5.74) is 7.71. The predicted molar refractivity (Wildman–Crippen MR) is 190 cm³/mol. The molecule has 2 saturated heterocycles. The first-order valence-electron chi connectivity index (χ1n) is 16.3. The SMILES string of the molecule is COc1nc(-c2cccc(-c3cccc(-c4ccc5c(CNC[C@@H]6CCO6)cn(C)c5n4)c3Cl)c2Cl)ccc1CNC[C@@H]1CCC(=O)N1. The Morgan fingerprint density at radius 2 is 1.52 bits per heavy atom. The van der Waals surface area contributed by atoms with Crippen LogP contribution in [-0.2, 0) is 29.7 Å². The van der Waals surface area contributed by atoms with Crippen molar-refractivity contribution in [2.45, 2.75) is 44.5 Å². The zero-order valence-electron chi connectivity index (χ0n) is 27.0. The van der Waals surface area contributed by atoms with Gasteiger partial charge in [0.1, 0.15) is 5.65 Å². The van der Waals surface area contributed by atoms with Gasteiger partial charge in [-0.1, -0.05) is 65.7 Å². The van der Waals surface area contributed by atoms with E-state index in [-0.39, 0.29) is 11.9 Å². The summed E-state index contributed by atoms with van der Waals surface area (Å²) in [6, 6.07) is 20.1. The summed E-state index contributed by atoms with van der Waals surface area (Å²) >= 11 is 14.2. The Hall–Kier alpha value is -3.99. The number of carbonyl (C=O) groups excluding carboxylic acids is 1. The van der Waals surface area contributed by atoms with E-state index in [1.165, 1.54) is 5.56 Å². The molecule has 0 bridgehead atoms. The number of carbonyl (C=O) groups is 1. The maximum Gasteiger partial charge on any atom is 0.220 e. The Morgan fingerprint density at radius 3 is 2.17 bits per heavy atom. The fraction of sp³-hybridized carbons (Fsp3) is 0.324. The van der Waals surface area contributed by atoms with E-state index in [9.17, 15) is 4.79 Å². The highest BCUT2D eigenvalue weighted by molar-refractivity contribution is 6.39. The first-order valence-corrected chi connectivity index (χ1v) is 17.0. The third-order valence-electron chi connectivity index (χ3n) is 9.15. The number of methoxy groups -OCH3 is 1. The topological polar surface area (TPSA) is 102 Å². The quantitative estimate of drug-likeness (QED) is 0.137. The molecule has 2 fully saturated rings. The van der Waals surface area contributed by atoms with Crippen molar-refractivity contribution in [1.29, 1.82) is 0 Å². The van der Waals surface area contributed by atoms with Crippen molar-refractivity contribution in [3.63, 3.8) is 0 Å². The van der Waals surface area contributed by atoms with Gasteiger partial charge in [0.15, 0.2) is 0 Å². The lowest BCUT2D eigenvalue weighted by atomic mass is 9.98. The van der Waals surface area contributed by atoms with Crippen LogP contribution in [0.4, 0.5) is 0 Å². The molecule has 2 aliphatic heterocycles. The van der Waals surface area contributed by atoms with Crippen LogP contribution in [-0.4, -0.2) is 59.4 Å². The molecule has 1 amide bonds. The summed E-state index contributed by atoms with van der Waals surface area (Å²) in [5.74, 6) is 0.626. The van der Waals surface area contributed by atoms with Crippen LogP contribution in [0.1, 0.15) is 30.4 Å². The number of aryl methyl sites for hydroxylation is 1. The molecule has 248 valence electrons. The molecule has 0 radical (unpaired) electrons. The zero-order valence-corrected chi connectivity index (χ0v) is 28.5. The molecule has 0 saturated carbocycles. The molecular weight excluding hydrogens is 647 g/mol. The first kappa shape index (κ1) is 32.6. The van der Waals surface area contributed by atoms with E-state index >= 15 is 0 Å². The maximum atomic E-state index is 11.5. The number of rotatable bonds is 12. The summed E-state index contributed by atoms with van der Waals surface area (Å²) in [6.07, 6.45) is 4.99. The standard InChI is InChI=1S/C37H38Cl2N6O3/c1-45-21-23(18-41-20-25-15-16-48-25)26-11-13-31(43-36(26)45)29-7-3-5-27(34(29)38)28-6-4-8-30(35(28)39)32-12-9-22(37(44-32)47-2)17-40-19-24-10-14-33(46)42-24/h3-9,11-13,21,24-25,40-41H,10,14-20H2,1-2H3,(H,42,46)/t24-,25-/m0/s1. The summed E-state index contributed by atoms with van der Waals surface area (Å²) in [6.45, 7) is 3.72. The lowest BCUT2D eigenvalue weighted by molar-refractivity contribution is -0.119. The highest BCUT2D eigenvalue weighted by Gasteiger charge is 2.22. The van der Waals surface area contributed by atoms with E-state index in [4.69, 9.17) is 42.6 Å². The van der Waals surface area contributed by atoms with Crippen LogP contribution < -0.4 is 20.7 Å². The normalized spacial score (nSPS) is 17.5. The van der Waals surface area contributed by atoms with E-state index in [2.05, 4.69) is 32.8 Å². The van der Waals surface area contributed by atoms with Gasteiger partial charge in [0.25, 0.3) is 0 Å². The van der Waals surface area contributed by atoms with Gasteiger partial charge >= 0.3 is 0 Å². The summed E-state index contributed by atoms with van der Waals surface area (Å²) in [5, 5.41) is 12.1. The van der Waals surface area contributed by atoms with Gasteiger partial charge < -0.3 is 30.0 Å². The van der Waals surface area contributed by atoms with Gasteiger partial charge in [-0.2, -0.15) is 0 Å². The minimum atomic E-state index is 0.107. The number of halogens is 2. The lowest BCUT2D eigenvalue weighted by Gasteiger charge is -2.26. The molecule has 0 aliphatic carbocycles. The van der Waals surface area contributed by atoms with E-state index in [1.807, 2.05) is 61.6 Å². The van der Waals surface area contributed by atoms with Crippen molar-refractivity contribution in [3.8, 4) is 39.5 Å². The second kappa shape index (κ2) is 14.2. The second-order valence-electron chi connectivity index (χ2n) is 12.4. The van der Waals surface area contributed by atoms with Gasteiger partial charge in [-0.25, -0.2) is 9.97 Å². The summed E-state index contributed by atoms with van der Waals surface area (Å²) < 4.78 is 13.3. The van der Waals surface area contributed by atoms with Crippen molar-refractivity contribution < 1.29 is 14.3 Å². The van der Waals surface area contributed by atoms with Crippen LogP contribution >= 0.6 is 23.2 Å². The Morgan fingerprint density at radius 1 is 0.875 bits per heavy atom. The Bertz CT molecular complexity index is 1970. The predicted octanol–water partition coefficient (Wildman–Crippen LogP) is 6.53. The molecule has 0 spiro atoms. The summed E-state index contributed by atoms with van der Waals surface area (Å²) in [4.78, 5) is 21.4. The Balaban J connectivity index is 1.12. The molecule has 7 rings (SSSR count). The van der Waals surface area contributed by atoms with E-state index in [1.54, 1.807) is 7.11 Å². The van der Waals surface area contributed by atoms with Crippen LogP contribution in [0.5, 0.6) is 5.88 Å². The number of ether oxygens (including phenoxy) is 2. The molecule has 2 atom stereocenters. The zero-order chi connectivity index (χ0) is 33.2. The number of hydrogen-bond donors (Lipinski definition) is 3. The number of nitrogens with one attached hydrogen (secondary N) is 3. The minimum Gasteiger partial charge on any atom is -0.481 e. The molecule has 2 aliphatic rings. The van der Waals surface area contributed by atoms with Gasteiger partial charge in [-0.3, -0.25) is 4.79 Å². The summed E-state index contributed by atoms with van der Waals surface area (Å²) in [7, 11) is 3.63. The molecule has 5 heterocycles. The fourth-order valence-corrected chi connectivity index (χ4v) is 7.10. The van der Waals surface area contributed by atoms with Crippen LogP contribution in [0.2, 0.25) is 10.0 Å². The van der Waals surface area contributed by atoms with Crippen molar-refractivity contribution in [1.82, 2.24) is 30.5 Å². The molecule has 0 unspecified atom stereocenters. The Labute approximate surface area is 290 Å². The van der Waals surface area contributed by atoms with Crippen LogP contribution in [0.25, 0.3) is 44.7 Å². The molecule has 11 heteroatoms. The third-order valence-corrected chi connectivity index (χ3v) is 9.96. The average molecular weight is 686 g/mol.